The molecule has 0 saturated heterocycles. The van der Waals surface area contributed by atoms with E-state index in [-0.39, 0.29) is 18.6 Å². The van der Waals surface area contributed by atoms with Gasteiger partial charge in [-0.25, -0.2) is 0 Å². The summed E-state index contributed by atoms with van der Waals surface area (Å²) in [5.41, 5.74) is 5.44. The van der Waals surface area contributed by atoms with Crippen LogP contribution in [-0.4, -0.2) is 17.7 Å². The molecule has 2 N–H and O–H groups in total. The van der Waals surface area contributed by atoms with Crippen LogP contribution in [0.4, 0.5) is 0 Å². The summed E-state index contributed by atoms with van der Waals surface area (Å²) in [6.45, 7) is 3.74. The van der Waals surface area contributed by atoms with Crippen molar-refractivity contribution in [2.75, 3.05) is 6.61 Å². The minimum absolute atomic E-state index is 0.0231. The maximum atomic E-state index is 9.65. The van der Waals surface area contributed by atoms with E-state index >= 15 is 0 Å². The minimum Gasteiger partial charge on any atom is -0.326 e. The topological polar surface area (TPSA) is 78.4 Å². The average Bonchev–Trinajstić information content (AvgIpc) is 1.82. The molecule has 1 unspecified atom stereocenters. The van der Waals surface area contributed by atoms with Crippen LogP contribution in [0.15, 0.2) is 0 Å². The first-order chi connectivity index (χ1) is 4.54. The Bertz CT molecular complexity index is 115. The molecule has 10 heavy (non-hydrogen) atoms. The predicted octanol–water partition coefficient (Wildman–Crippen LogP) is 0.178. The summed E-state index contributed by atoms with van der Waals surface area (Å²) >= 11 is 0. The third kappa shape index (κ3) is 4.08. The van der Waals surface area contributed by atoms with E-state index < -0.39 is 5.09 Å². The first kappa shape index (κ1) is 9.16. The van der Waals surface area contributed by atoms with Gasteiger partial charge in [0.15, 0.2) is 0 Å². The molecular weight excluding hydrogens is 136 g/mol. The lowest BCUT2D eigenvalue weighted by Gasteiger charge is -2.12. The fraction of sp³-hybridized carbons (Fsp3) is 1.00. The molecule has 0 aromatic heterocycles. The smallest absolute Gasteiger partial charge is 0.294 e. The summed E-state index contributed by atoms with van der Waals surface area (Å²) < 4.78 is 0. The standard InChI is InChI=1S/C5H12N2O3/c1-4(2)5(6)3-10-7(8)9/h4-5H,3,6H2,1-2H3. The first-order valence-electron chi connectivity index (χ1n) is 3.07. The molecule has 0 spiro atoms. The van der Waals surface area contributed by atoms with E-state index in [1.54, 1.807) is 0 Å². The van der Waals surface area contributed by atoms with Crippen LogP contribution < -0.4 is 5.73 Å². The van der Waals surface area contributed by atoms with Crippen molar-refractivity contribution in [3.8, 4) is 0 Å². The second-order valence-corrected chi connectivity index (χ2v) is 2.43. The van der Waals surface area contributed by atoms with E-state index in [1.807, 2.05) is 13.8 Å². The minimum atomic E-state index is -0.831. The molecule has 0 aliphatic heterocycles. The Balaban J connectivity index is 3.39. The zero-order valence-electron chi connectivity index (χ0n) is 6.11. The van der Waals surface area contributed by atoms with Crippen LogP contribution in [-0.2, 0) is 4.84 Å². The monoisotopic (exact) mass is 148 g/mol. The van der Waals surface area contributed by atoms with Gasteiger partial charge in [0.1, 0.15) is 6.61 Å². The highest BCUT2D eigenvalue weighted by molar-refractivity contribution is 4.62. The molecule has 0 amide bonds. The molecule has 1 atom stereocenters. The van der Waals surface area contributed by atoms with Crippen molar-refractivity contribution in [1.82, 2.24) is 0 Å². The Labute approximate surface area is 59.3 Å². The number of hydrogen-bond acceptors (Lipinski definition) is 4. The van der Waals surface area contributed by atoms with Crippen LogP contribution in [0, 0.1) is 16.0 Å². The molecule has 0 aliphatic carbocycles. The van der Waals surface area contributed by atoms with Crippen molar-refractivity contribution in [3.63, 3.8) is 0 Å². The molecule has 5 heteroatoms. The van der Waals surface area contributed by atoms with Crippen molar-refractivity contribution in [2.24, 2.45) is 11.7 Å². The van der Waals surface area contributed by atoms with Crippen molar-refractivity contribution in [1.29, 1.82) is 0 Å². The summed E-state index contributed by atoms with van der Waals surface area (Å²) in [5.74, 6) is 0.208. The summed E-state index contributed by atoms with van der Waals surface area (Å²) in [4.78, 5) is 13.7. The van der Waals surface area contributed by atoms with E-state index in [1.165, 1.54) is 0 Å². The second-order valence-electron chi connectivity index (χ2n) is 2.43. The molecule has 0 saturated carbocycles. The van der Waals surface area contributed by atoms with Crippen LogP contribution in [0.1, 0.15) is 13.8 Å². The van der Waals surface area contributed by atoms with Gasteiger partial charge in [0, 0.05) is 6.04 Å². The molecule has 0 aliphatic rings. The Morgan fingerprint density at radius 1 is 1.70 bits per heavy atom. The molecule has 0 aromatic rings. The SMILES string of the molecule is CC(C)C(N)CO[N+](=O)[O-]. The lowest BCUT2D eigenvalue weighted by Crippen LogP contribution is -2.32. The number of nitrogens with zero attached hydrogens (tertiary/aromatic N) is 1. The normalized spacial score (nSPS) is 13.2. The fourth-order valence-corrected chi connectivity index (χ4v) is 0.339. The summed E-state index contributed by atoms with van der Waals surface area (Å²) in [5, 5.41) is 8.82. The lowest BCUT2D eigenvalue weighted by atomic mass is 10.1. The van der Waals surface area contributed by atoms with Gasteiger partial charge in [0.25, 0.3) is 5.09 Å². The molecule has 0 bridgehead atoms. The van der Waals surface area contributed by atoms with Gasteiger partial charge in [-0.1, -0.05) is 13.8 Å². The quantitative estimate of drug-likeness (QED) is 0.455. The number of rotatable bonds is 4. The fourth-order valence-electron chi connectivity index (χ4n) is 0.339. The molecular formula is C5H12N2O3. The molecule has 0 fully saturated rings. The van der Waals surface area contributed by atoms with Gasteiger partial charge >= 0.3 is 0 Å². The van der Waals surface area contributed by atoms with Crippen LogP contribution >= 0.6 is 0 Å². The van der Waals surface area contributed by atoms with E-state index in [2.05, 4.69) is 4.84 Å². The van der Waals surface area contributed by atoms with Crippen LogP contribution in [0.3, 0.4) is 0 Å². The number of hydrogen-bond donors (Lipinski definition) is 1. The van der Waals surface area contributed by atoms with Crippen molar-refractivity contribution >= 4 is 0 Å². The van der Waals surface area contributed by atoms with E-state index in [0.29, 0.717) is 0 Å². The number of nitrogens with two attached hydrogens (primary N) is 1. The third-order valence-corrected chi connectivity index (χ3v) is 1.23. The van der Waals surface area contributed by atoms with Crippen LogP contribution in [0.25, 0.3) is 0 Å². The second kappa shape index (κ2) is 4.05. The highest BCUT2D eigenvalue weighted by Crippen LogP contribution is 1.97. The Kier molecular flexibility index (Phi) is 3.71. The summed E-state index contributed by atoms with van der Waals surface area (Å²) in [7, 11) is 0. The van der Waals surface area contributed by atoms with Gasteiger partial charge < -0.3 is 10.6 Å². The zero-order chi connectivity index (χ0) is 8.15. The Hall–Kier alpha value is -0.840. The van der Waals surface area contributed by atoms with Gasteiger partial charge in [-0.2, -0.15) is 0 Å². The molecule has 0 rings (SSSR count). The van der Waals surface area contributed by atoms with E-state index in [4.69, 9.17) is 5.73 Å². The highest BCUT2D eigenvalue weighted by atomic mass is 16.9. The highest BCUT2D eigenvalue weighted by Gasteiger charge is 2.08. The van der Waals surface area contributed by atoms with E-state index in [0.717, 1.165) is 0 Å². The van der Waals surface area contributed by atoms with Gasteiger partial charge in [-0.3, -0.25) is 0 Å². The Morgan fingerprint density at radius 2 is 2.20 bits per heavy atom. The molecule has 5 nitrogen and oxygen atoms in total. The predicted molar refractivity (Wildman–Crippen MR) is 35.8 cm³/mol. The van der Waals surface area contributed by atoms with E-state index in [9.17, 15) is 10.1 Å². The molecule has 0 radical (unpaired) electrons. The maximum absolute atomic E-state index is 9.65. The lowest BCUT2D eigenvalue weighted by molar-refractivity contribution is -0.758. The molecule has 0 aromatic carbocycles. The largest absolute Gasteiger partial charge is 0.326 e. The van der Waals surface area contributed by atoms with Crippen LogP contribution in [0.2, 0.25) is 0 Å². The molecule has 0 heterocycles. The Morgan fingerprint density at radius 3 is 2.50 bits per heavy atom. The van der Waals surface area contributed by atoms with Crippen molar-refractivity contribution < 1.29 is 9.92 Å². The summed E-state index contributed by atoms with van der Waals surface area (Å²) in [6, 6.07) is -0.259. The van der Waals surface area contributed by atoms with Crippen molar-refractivity contribution in [3.05, 3.63) is 10.1 Å². The summed E-state index contributed by atoms with van der Waals surface area (Å²) in [6.07, 6.45) is 0. The average molecular weight is 148 g/mol. The van der Waals surface area contributed by atoms with Gasteiger partial charge in [-0.05, 0) is 5.92 Å². The van der Waals surface area contributed by atoms with Gasteiger partial charge in [-0.15, -0.1) is 10.1 Å². The van der Waals surface area contributed by atoms with Crippen molar-refractivity contribution in [2.45, 2.75) is 19.9 Å². The van der Waals surface area contributed by atoms with Gasteiger partial charge in [0.2, 0.25) is 0 Å². The maximum Gasteiger partial charge on any atom is 0.294 e. The first-order valence-corrected chi connectivity index (χ1v) is 3.07. The van der Waals surface area contributed by atoms with Gasteiger partial charge in [0.05, 0.1) is 0 Å². The van der Waals surface area contributed by atoms with Crippen LogP contribution in [0.5, 0.6) is 0 Å². The zero-order valence-corrected chi connectivity index (χ0v) is 6.11. The third-order valence-electron chi connectivity index (χ3n) is 1.23. The molecule has 60 valence electrons.